The molecule has 0 aliphatic carbocycles. The standard InChI is InChI=1S/C25H27FN4O4/c1-6-28-22(14-31)27-30(24(28)33)20-12-15-16(11-18(20)26)23(32)29(13-17(15)25(2,3)4)19-9-7-8-10-21(19)34-5/h7-13,31H,6,14H2,1-5H3. The van der Waals surface area contributed by atoms with E-state index in [-0.39, 0.29) is 23.4 Å². The van der Waals surface area contributed by atoms with Gasteiger partial charge in [-0.1, -0.05) is 32.9 Å². The van der Waals surface area contributed by atoms with Crippen LogP contribution in [0.2, 0.25) is 0 Å². The summed E-state index contributed by atoms with van der Waals surface area (Å²) in [5, 5.41) is 14.4. The molecule has 2 heterocycles. The summed E-state index contributed by atoms with van der Waals surface area (Å²) < 4.78 is 24.5. The van der Waals surface area contributed by atoms with Gasteiger partial charge in [0.15, 0.2) is 5.82 Å². The summed E-state index contributed by atoms with van der Waals surface area (Å²) >= 11 is 0. The van der Waals surface area contributed by atoms with Gasteiger partial charge in [-0.25, -0.2) is 9.18 Å². The Labute approximate surface area is 195 Å². The Kier molecular flexibility index (Phi) is 5.91. The molecule has 0 atom stereocenters. The SMILES string of the molecule is CCn1c(CO)nn(-c2cc3c(C(C)(C)C)cn(-c4ccccc4OC)c(=O)c3cc2F)c1=O. The fourth-order valence-electron chi connectivity index (χ4n) is 4.14. The van der Waals surface area contributed by atoms with E-state index in [1.807, 2.05) is 20.8 Å². The summed E-state index contributed by atoms with van der Waals surface area (Å²) in [4.78, 5) is 26.3. The van der Waals surface area contributed by atoms with Crippen molar-refractivity contribution in [3.05, 3.63) is 80.6 Å². The fourth-order valence-corrected chi connectivity index (χ4v) is 4.14. The Balaban J connectivity index is 2.09. The van der Waals surface area contributed by atoms with Crippen LogP contribution >= 0.6 is 0 Å². The van der Waals surface area contributed by atoms with Crippen LogP contribution in [-0.4, -0.2) is 31.1 Å². The van der Waals surface area contributed by atoms with E-state index < -0.39 is 29.1 Å². The first-order valence-electron chi connectivity index (χ1n) is 10.9. The lowest BCUT2D eigenvalue weighted by Crippen LogP contribution is -2.26. The van der Waals surface area contributed by atoms with Crippen LogP contribution in [-0.2, 0) is 18.6 Å². The number of fused-ring (bicyclic) bond motifs is 1. The normalized spacial score (nSPS) is 11.9. The van der Waals surface area contributed by atoms with E-state index >= 15 is 4.39 Å². The third kappa shape index (κ3) is 3.71. The van der Waals surface area contributed by atoms with E-state index in [1.165, 1.54) is 22.3 Å². The monoisotopic (exact) mass is 466 g/mol. The number of benzene rings is 2. The molecule has 0 saturated heterocycles. The van der Waals surface area contributed by atoms with Gasteiger partial charge >= 0.3 is 5.69 Å². The van der Waals surface area contributed by atoms with Gasteiger partial charge in [-0.2, -0.15) is 4.68 Å². The third-order valence-electron chi connectivity index (χ3n) is 5.86. The van der Waals surface area contributed by atoms with Crippen molar-refractivity contribution in [2.24, 2.45) is 0 Å². The number of para-hydroxylation sites is 2. The highest BCUT2D eigenvalue weighted by Crippen LogP contribution is 2.32. The molecule has 2 aromatic carbocycles. The number of hydrogen-bond donors (Lipinski definition) is 1. The Bertz CT molecular complexity index is 1510. The van der Waals surface area contributed by atoms with Crippen molar-refractivity contribution < 1.29 is 14.2 Å². The number of aliphatic hydroxyl groups is 1. The third-order valence-corrected chi connectivity index (χ3v) is 5.86. The molecule has 0 saturated carbocycles. The zero-order valence-electron chi connectivity index (χ0n) is 19.8. The number of ether oxygens (including phenoxy) is 1. The quantitative estimate of drug-likeness (QED) is 0.487. The minimum absolute atomic E-state index is 0.0839. The molecule has 1 N–H and O–H groups in total. The molecule has 0 spiro atoms. The molecule has 4 rings (SSSR count). The molecule has 9 heteroatoms. The maximum atomic E-state index is 15.4. The number of halogens is 1. The van der Waals surface area contributed by atoms with Gasteiger partial charge in [-0.05, 0) is 47.6 Å². The van der Waals surface area contributed by atoms with Crippen LogP contribution in [0.5, 0.6) is 5.75 Å². The number of methoxy groups -OCH3 is 1. The van der Waals surface area contributed by atoms with Crippen LogP contribution in [0, 0.1) is 5.82 Å². The van der Waals surface area contributed by atoms with Gasteiger partial charge in [0.1, 0.15) is 23.9 Å². The Morgan fingerprint density at radius 1 is 1.09 bits per heavy atom. The molecule has 34 heavy (non-hydrogen) atoms. The van der Waals surface area contributed by atoms with Gasteiger partial charge in [-0.15, -0.1) is 5.10 Å². The summed E-state index contributed by atoms with van der Waals surface area (Å²) in [6.45, 7) is 7.53. The summed E-state index contributed by atoms with van der Waals surface area (Å²) in [6, 6.07) is 9.74. The maximum Gasteiger partial charge on any atom is 0.350 e. The van der Waals surface area contributed by atoms with Crippen molar-refractivity contribution in [2.45, 2.75) is 46.3 Å². The molecule has 0 aliphatic heterocycles. The van der Waals surface area contributed by atoms with Crippen molar-refractivity contribution >= 4 is 10.8 Å². The van der Waals surface area contributed by atoms with Crippen LogP contribution in [0.15, 0.2) is 52.2 Å². The predicted octanol–water partition coefficient (Wildman–Crippen LogP) is 3.30. The molecule has 2 aromatic heterocycles. The number of rotatable bonds is 5. The fraction of sp³-hybridized carbons (Fsp3) is 0.320. The van der Waals surface area contributed by atoms with Crippen LogP contribution in [0.25, 0.3) is 22.1 Å². The first-order valence-corrected chi connectivity index (χ1v) is 10.9. The lowest BCUT2D eigenvalue weighted by molar-refractivity contribution is 0.264. The highest BCUT2D eigenvalue weighted by atomic mass is 19.1. The minimum Gasteiger partial charge on any atom is -0.495 e. The maximum absolute atomic E-state index is 15.4. The zero-order valence-corrected chi connectivity index (χ0v) is 19.8. The molecule has 0 radical (unpaired) electrons. The molecule has 4 aromatic rings. The lowest BCUT2D eigenvalue weighted by atomic mass is 9.84. The van der Waals surface area contributed by atoms with E-state index in [0.717, 1.165) is 16.3 Å². The first kappa shape index (κ1) is 23.4. The van der Waals surface area contributed by atoms with Crippen molar-refractivity contribution in [1.82, 2.24) is 18.9 Å². The summed E-state index contributed by atoms with van der Waals surface area (Å²) in [7, 11) is 1.52. The van der Waals surface area contributed by atoms with E-state index in [1.54, 1.807) is 37.4 Å². The van der Waals surface area contributed by atoms with Crippen molar-refractivity contribution in [2.75, 3.05) is 7.11 Å². The predicted molar refractivity (Wildman–Crippen MR) is 128 cm³/mol. The van der Waals surface area contributed by atoms with Gasteiger partial charge in [0.25, 0.3) is 5.56 Å². The highest BCUT2D eigenvalue weighted by Gasteiger charge is 2.24. The molecule has 8 nitrogen and oxygen atoms in total. The van der Waals surface area contributed by atoms with Crippen LogP contribution in [0.4, 0.5) is 4.39 Å². The molecule has 0 amide bonds. The Morgan fingerprint density at radius 2 is 1.79 bits per heavy atom. The second-order valence-corrected chi connectivity index (χ2v) is 9.00. The number of hydrogen-bond acceptors (Lipinski definition) is 5. The number of aliphatic hydroxyl groups excluding tert-OH is 1. The van der Waals surface area contributed by atoms with Crippen molar-refractivity contribution in [3.63, 3.8) is 0 Å². The zero-order chi connectivity index (χ0) is 24.8. The van der Waals surface area contributed by atoms with Crippen LogP contribution in [0.1, 0.15) is 39.1 Å². The second-order valence-electron chi connectivity index (χ2n) is 9.00. The number of pyridine rings is 1. The molecule has 0 fully saturated rings. The Hall–Kier alpha value is -3.72. The number of nitrogens with zero attached hydrogens (tertiary/aromatic N) is 4. The molecule has 178 valence electrons. The molecule has 0 unspecified atom stereocenters. The van der Waals surface area contributed by atoms with Gasteiger partial charge in [0.05, 0.1) is 18.2 Å². The van der Waals surface area contributed by atoms with E-state index in [2.05, 4.69) is 5.10 Å². The average Bonchev–Trinajstić information content (AvgIpc) is 3.13. The second kappa shape index (κ2) is 8.57. The van der Waals surface area contributed by atoms with Crippen molar-refractivity contribution in [3.8, 4) is 17.1 Å². The van der Waals surface area contributed by atoms with Gasteiger partial charge in [0.2, 0.25) is 0 Å². The summed E-state index contributed by atoms with van der Waals surface area (Å²) in [5.74, 6) is -0.127. The topological polar surface area (TPSA) is 91.3 Å². The largest absolute Gasteiger partial charge is 0.495 e. The van der Waals surface area contributed by atoms with Gasteiger partial charge < -0.3 is 9.84 Å². The van der Waals surface area contributed by atoms with Crippen molar-refractivity contribution in [1.29, 1.82) is 0 Å². The van der Waals surface area contributed by atoms with E-state index in [0.29, 0.717) is 16.8 Å². The highest BCUT2D eigenvalue weighted by molar-refractivity contribution is 5.88. The molecular weight excluding hydrogens is 439 g/mol. The molecule has 0 aliphatic rings. The van der Waals surface area contributed by atoms with E-state index in [9.17, 15) is 14.7 Å². The molecule has 0 bridgehead atoms. The Morgan fingerprint density at radius 3 is 2.38 bits per heavy atom. The van der Waals surface area contributed by atoms with Crippen LogP contribution in [0.3, 0.4) is 0 Å². The van der Waals surface area contributed by atoms with E-state index in [4.69, 9.17) is 4.74 Å². The molecular formula is C25H27FN4O4. The average molecular weight is 467 g/mol. The smallest absolute Gasteiger partial charge is 0.350 e. The van der Waals surface area contributed by atoms with Gasteiger partial charge in [0, 0.05) is 12.7 Å². The number of aromatic nitrogens is 4. The van der Waals surface area contributed by atoms with Gasteiger partial charge in [-0.3, -0.25) is 13.9 Å². The summed E-state index contributed by atoms with van der Waals surface area (Å²) in [6.07, 6.45) is 1.73. The summed E-state index contributed by atoms with van der Waals surface area (Å²) in [5.41, 5.74) is -0.171. The first-order chi connectivity index (χ1) is 16.1. The minimum atomic E-state index is -0.769. The van der Waals surface area contributed by atoms with Crippen LogP contribution < -0.4 is 16.0 Å². The lowest BCUT2D eigenvalue weighted by Gasteiger charge is -2.24.